The zero-order chi connectivity index (χ0) is 45.1. The molecule has 0 amide bonds. The second-order valence-corrected chi connectivity index (χ2v) is 15.3. The van der Waals surface area contributed by atoms with E-state index < -0.39 is 0 Å². The van der Waals surface area contributed by atoms with Crippen LogP contribution in [0.1, 0.15) is 77.9 Å². The summed E-state index contributed by atoms with van der Waals surface area (Å²) < 4.78 is 0. The highest BCUT2D eigenvalue weighted by molar-refractivity contribution is 6.59. The molecule has 9 rings (SSSR count). The summed E-state index contributed by atoms with van der Waals surface area (Å²) in [4.78, 5) is 15.7. The predicted octanol–water partition coefficient (Wildman–Crippen LogP) is 12.4. The van der Waals surface area contributed by atoms with Crippen LogP contribution < -0.4 is 0 Å². The number of hydrogen-bond acceptors (Lipinski definition) is 1. The average molecular weight is 833 g/mol. The molecule has 302 valence electrons. The Kier molecular flexibility index (Phi) is 12.3. The normalized spacial score (nSPS) is 11.3. The Morgan fingerprint density at radius 1 is 0.242 bits per heavy atom. The molecule has 0 aliphatic heterocycles. The van der Waals surface area contributed by atoms with Crippen LogP contribution in [-0.2, 0) is 4.79 Å². The van der Waals surface area contributed by atoms with Gasteiger partial charge in [-0.15, -0.1) is 12.8 Å². The summed E-state index contributed by atoms with van der Waals surface area (Å²) in [6, 6.07) is 66.7. The van der Waals surface area contributed by atoms with Crippen LogP contribution in [0.3, 0.4) is 0 Å². The van der Waals surface area contributed by atoms with Gasteiger partial charge in [-0.25, -0.2) is 0 Å². The monoisotopic (exact) mass is 832 g/mol. The summed E-state index contributed by atoms with van der Waals surface area (Å²) in [5.41, 5.74) is 13.2. The number of benzene rings is 8. The third-order valence-electron chi connectivity index (χ3n) is 10.8. The first-order chi connectivity index (χ1) is 32.5. The van der Waals surface area contributed by atoms with E-state index in [1.165, 1.54) is 0 Å². The molecule has 0 radical (unpaired) electrons. The van der Waals surface area contributed by atoms with Gasteiger partial charge in [0.25, 0.3) is 0 Å². The molecule has 0 fully saturated rings. The van der Waals surface area contributed by atoms with Crippen LogP contribution in [0, 0.1) is 72.1 Å². The van der Waals surface area contributed by atoms with Crippen molar-refractivity contribution in [3.63, 3.8) is 0 Å². The Morgan fingerprint density at radius 2 is 0.500 bits per heavy atom. The third-order valence-corrected chi connectivity index (χ3v) is 10.8. The largest absolute Gasteiger partial charge is 0.289 e. The maximum atomic E-state index is 15.7. The minimum atomic E-state index is -0.155. The number of Topliss-reactive ketones (excluding diaryl/α,β-unsaturated/α-hetero) is 1. The number of carbonyl (C=O) groups excluding carboxylic acids is 1. The van der Waals surface area contributed by atoms with E-state index in [0.717, 1.165) is 55.6 Å². The smallest absolute Gasteiger partial charge is 0.195 e. The van der Waals surface area contributed by atoms with Gasteiger partial charge in [-0.2, -0.15) is 0 Å². The van der Waals surface area contributed by atoms with E-state index in [1.54, 1.807) is 0 Å². The van der Waals surface area contributed by atoms with E-state index in [0.29, 0.717) is 44.5 Å². The van der Waals surface area contributed by atoms with Crippen molar-refractivity contribution < 1.29 is 4.79 Å². The predicted molar refractivity (Wildman–Crippen MR) is 270 cm³/mol. The Labute approximate surface area is 387 Å². The number of allylic oxidation sites excluding steroid dienone is 4. The van der Waals surface area contributed by atoms with Gasteiger partial charge in [0.1, 0.15) is 0 Å². The van der Waals surface area contributed by atoms with Gasteiger partial charge in [-0.1, -0.05) is 156 Å². The summed E-state index contributed by atoms with van der Waals surface area (Å²) >= 11 is 0. The van der Waals surface area contributed by atoms with Crippen LogP contribution in [0.2, 0.25) is 0 Å². The lowest BCUT2D eigenvalue weighted by atomic mass is 9.86. The molecule has 8 aromatic carbocycles. The lowest BCUT2D eigenvalue weighted by Crippen LogP contribution is -2.02. The highest BCUT2D eigenvalue weighted by Crippen LogP contribution is 2.50. The summed E-state index contributed by atoms with van der Waals surface area (Å²) in [5.74, 6) is 32.3. The first-order valence-electron chi connectivity index (χ1n) is 21.3. The molecule has 0 unspecified atom stereocenters. The van der Waals surface area contributed by atoms with Gasteiger partial charge in [0.2, 0.25) is 0 Å². The van der Waals surface area contributed by atoms with Gasteiger partial charge < -0.3 is 0 Å². The van der Waals surface area contributed by atoms with Crippen LogP contribution in [-0.4, -0.2) is 5.78 Å². The van der Waals surface area contributed by atoms with E-state index in [-0.39, 0.29) is 5.78 Å². The molecule has 1 aliphatic rings. The molecule has 1 nitrogen and oxygen atoms in total. The second kappa shape index (κ2) is 19.5. The molecule has 0 heterocycles. The number of terminal acetylenes is 2. The van der Waals surface area contributed by atoms with E-state index in [9.17, 15) is 0 Å². The molecule has 1 heteroatoms. The first-order valence-corrected chi connectivity index (χ1v) is 21.3. The van der Waals surface area contributed by atoms with Crippen LogP contribution in [0.25, 0.3) is 22.3 Å². The molecular weight excluding hydrogens is 797 g/mol. The summed E-state index contributed by atoms with van der Waals surface area (Å²) in [5, 5.41) is 0. The molecule has 0 aromatic heterocycles. The van der Waals surface area contributed by atoms with E-state index >= 15 is 4.79 Å². The molecule has 0 saturated carbocycles. The fraction of sp³-hybridized carbons (Fsp3) is 0. The van der Waals surface area contributed by atoms with E-state index in [2.05, 4.69) is 59.2 Å². The molecule has 8 aromatic rings. The molecule has 0 bridgehead atoms. The van der Waals surface area contributed by atoms with Gasteiger partial charge >= 0.3 is 0 Å². The molecule has 0 N–H and O–H groups in total. The van der Waals surface area contributed by atoms with Crippen molar-refractivity contribution in [3.05, 3.63) is 284 Å². The Morgan fingerprint density at radius 3 is 0.758 bits per heavy atom. The van der Waals surface area contributed by atoms with Gasteiger partial charge in [0.15, 0.2) is 5.78 Å². The van der Waals surface area contributed by atoms with Crippen molar-refractivity contribution in [1.29, 1.82) is 0 Å². The summed E-state index contributed by atoms with van der Waals surface area (Å²) in [6.45, 7) is 0. The molecular formula is C65H36O. The number of carbonyl (C=O) groups is 1. The Balaban J connectivity index is 1.36. The SMILES string of the molecule is C#Cc1ccc(C2=C(c3cc(C#Cc4ccccc4)cc(C#Cc4ccccc4)c3)C(c3cc(C#Cc4ccccc4)cc(C#Cc4ccccc4)c3)=C(c3ccc(C#C)cc3)C2=O)cc1. The van der Waals surface area contributed by atoms with Crippen molar-refractivity contribution in [2.24, 2.45) is 0 Å². The maximum Gasteiger partial charge on any atom is 0.195 e. The fourth-order valence-electron chi connectivity index (χ4n) is 7.69. The number of ketones is 1. The topological polar surface area (TPSA) is 17.1 Å². The molecule has 0 atom stereocenters. The summed E-state index contributed by atoms with van der Waals surface area (Å²) in [6.07, 6.45) is 11.7. The Hall–Kier alpha value is -9.73. The van der Waals surface area contributed by atoms with Crippen LogP contribution in [0.4, 0.5) is 0 Å². The molecule has 0 spiro atoms. The summed E-state index contributed by atoms with van der Waals surface area (Å²) in [7, 11) is 0. The van der Waals surface area contributed by atoms with Crippen LogP contribution in [0.5, 0.6) is 0 Å². The van der Waals surface area contributed by atoms with Crippen molar-refractivity contribution >= 4 is 28.1 Å². The van der Waals surface area contributed by atoms with Crippen LogP contribution >= 0.6 is 0 Å². The second-order valence-electron chi connectivity index (χ2n) is 15.3. The maximum absolute atomic E-state index is 15.7. The van der Waals surface area contributed by atoms with Crippen molar-refractivity contribution in [2.75, 3.05) is 0 Å². The number of hydrogen-bond donors (Lipinski definition) is 0. The van der Waals surface area contributed by atoms with Gasteiger partial charge in [-0.3, -0.25) is 4.79 Å². The van der Waals surface area contributed by atoms with Crippen LogP contribution in [0.15, 0.2) is 206 Å². The van der Waals surface area contributed by atoms with Crippen molar-refractivity contribution in [1.82, 2.24) is 0 Å². The minimum absolute atomic E-state index is 0.155. The molecule has 0 saturated heterocycles. The van der Waals surface area contributed by atoms with Gasteiger partial charge in [0, 0.05) is 77.9 Å². The zero-order valence-corrected chi connectivity index (χ0v) is 35.7. The zero-order valence-electron chi connectivity index (χ0n) is 35.7. The lowest BCUT2D eigenvalue weighted by molar-refractivity contribution is -0.108. The highest BCUT2D eigenvalue weighted by atomic mass is 16.1. The minimum Gasteiger partial charge on any atom is -0.289 e. The van der Waals surface area contributed by atoms with Gasteiger partial charge in [0.05, 0.1) is 0 Å². The van der Waals surface area contributed by atoms with Gasteiger partial charge in [-0.05, 0) is 131 Å². The quantitative estimate of drug-likeness (QED) is 0.162. The first kappa shape index (κ1) is 41.6. The van der Waals surface area contributed by atoms with E-state index in [4.69, 9.17) is 12.8 Å². The van der Waals surface area contributed by atoms with Crippen molar-refractivity contribution in [3.8, 4) is 72.1 Å². The molecule has 66 heavy (non-hydrogen) atoms. The number of rotatable bonds is 4. The fourth-order valence-corrected chi connectivity index (χ4v) is 7.69. The van der Waals surface area contributed by atoms with Crippen molar-refractivity contribution in [2.45, 2.75) is 0 Å². The average Bonchev–Trinajstić information content (AvgIpc) is 3.69. The highest BCUT2D eigenvalue weighted by Gasteiger charge is 2.36. The lowest BCUT2D eigenvalue weighted by Gasteiger charge is -2.16. The molecule has 1 aliphatic carbocycles. The standard InChI is InChI=1S/C65H36O/c1-3-47-33-37-57(38-34-47)63-61(59-43-53(29-25-49-17-9-5-10-18-49)41-54(44-59)30-26-50-19-11-6-12-20-50)62(64(65(63)66)58-39-35-48(4-2)36-40-58)60-45-55(31-27-51-21-13-7-14-22-51)42-56(46-60)32-28-52-23-15-8-16-24-52/h1-2,5-24,33-46H. The third kappa shape index (κ3) is 9.66. The van der Waals surface area contributed by atoms with E-state index in [1.807, 2.05) is 206 Å². The Bertz CT molecular complexity index is 3170.